The van der Waals surface area contributed by atoms with E-state index in [0.29, 0.717) is 5.75 Å². The first-order valence-corrected chi connectivity index (χ1v) is 7.07. The molecule has 0 aliphatic carbocycles. The van der Waals surface area contributed by atoms with Gasteiger partial charge in [-0.2, -0.15) is 0 Å². The van der Waals surface area contributed by atoms with Crippen molar-refractivity contribution in [3.8, 4) is 5.75 Å². The van der Waals surface area contributed by atoms with Crippen molar-refractivity contribution >= 4 is 21.7 Å². The van der Waals surface area contributed by atoms with Crippen LogP contribution in [0.3, 0.4) is 0 Å². The summed E-state index contributed by atoms with van der Waals surface area (Å²) < 4.78 is 27.6. The Bertz CT molecular complexity index is 569. The Morgan fingerprint density at radius 1 is 1.37 bits per heavy atom. The lowest BCUT2D eigenvalue weighted by atomic mass is 10.3. The first-order valence-electron chi connectivity index (χ1n) is 5.52. The summed E-state index contributed by atoms with van der Waals surface area (Å²) in [6.07, 6.45) is 0. The number of ether oxygens (including phenoxy) is 1. The van der Waals surface area contributed by atoms with Crippen LogP contribution in [-0.2, 0) is 10.0 Å². The molecule has 0 aliphatic rings. The fourth-order valence-corrected chi connectivity index (χ4v) is 1.92. The minimum absolute atomic E-state index is 0.0487. The molecule has 0 fully saturated rings. The van der Waals surface area contributed by atoms with Gasteiger partial charge in [-0.15, -0.1) is 0 Å². The lowest BCUT2D eigenvalue weighted by Gasteiger charge is -2.13. The third kappa shape index (κ3) is 4.42. The topological polar surface area (TPSA) is 111 Å². The molecule has 0 unspecified atom stereocenters. The second-order valence-corrected chi connectivity index (χ2v) is 5.72. The minimum Gasteiger partial charge on any atom is -0.495 e. The van der Waals surface area contributed by atoms with Gasteiger partial charge in [0.15, 0.2) is 0 Å². The number of carbonyl (C=O) groups excluding carboxylic acids is 1. The number of benzene rings is 1. The van der Waals surface area contributed by atoms with Crippen LogP contribution in [0.1, 0.15) is 13.8 Å². The molecule has 1 rings (SSSR count). The Labute approximate surface area is 112 Å². The SMILES string of the molecule is COc1ccc(S(N)(=O)=O)cc1NC(=O)NC(C)C. The minimum atomic E-state index is -3.84. The number of amides is 2. The van der Waals surface area contributed by atoms with Gasteiger partial charge >= 0.3 is 6.03 Å². The molecule has 4 N–H and O–H groups in total. The molecule has 0 bridgehead atoms. The molecular formula is C11H17N3O4S. The van der Waals surface area contributed by atoms with Gasteiger partial charge in [-0.25, -0.2) is 18.4 Å². The maximum absolute atomic E-state index is 11.6. The van der Waals surface area contributed by atoms with E-state index in [-0.39, 0.29) is 16.6 Å². The van der Waals surface area contributed by atoms with E-state index in [0.717, 1.165) is 0 Å². The number of sulfonamides is 1. The van der Waals surface area contributed by atoms with Crippen LogP contribution in [0.5, 0.6) is 5.75 Å². The van der Waals surface area contributed by atoms with Crippen molar-refractivity contribution in [2.75, 3.05) is 12.4 Å². The molecule has 19 heavy (non-hydrogen) atoms. The average molecular weight is 287 g/mol. The van der Waals surface area contributed by atoms with Crippen LogP contribution in [0.25, 0.3) is 0 Å². The molecule has 1 aromatic rings. The van der Waals surface area contributed by atoms with Gasteiger partial charge in [0, 0.05) is 6.04 Å². The van der Waals surface area contributed by atoms with E-state index in [4.69, 9.17) is 9.88 Å². The number of hydrogen-bond donors (Lipinski definition) is 3. The van der Waals surface area contributed by atoms with Crippen LogP contribution in [0.4, 0.5) is 10.5 Å². The van der Waals surface area contributed by atoms with Gasteiger partial charge < -0.3 is 15.4 Å². The molecule has 106 valence electrons. The summed E-state index contributed by atoms with van der Waals surface area (Å²) in [5, 5.41) is 10.2. The van der Waals surface area contributed by atoms with E-state index in [1.807, 2.05) is 0 Å². The van der Waals surface area contributed by atoms with Crippen molar-refractivity contribution < 1.29 is 17.9 Å². The number of anilines is 1. The van der Waals surface area contributed by atoms with Crippen LogP contribution in [0.2, 0.25) is 0 Å². The van der Waals surface area contributed by atoms with Gasteiger partial charge in [0.1, 0.15) is 5.75 Å². The monoisotopic (exact) mass is 287 g/mol. The summed E-state index contributed by atoms with van der Waals surface area (Å²) in [6, 6.07) is 3.46. The van der Waals surface area contributed by atoms with Crippen LogP contribution in [0, 0.1) is 0 Å². The van der Waals surface area contributed by atoms with Crippen molar-refractivity contribution in [1.29, 1.82) is 0 Å². The number of methoxy groups -OCH3 is 1. The second-order valence-electron chi connectivity index (χ2n) is 4.16. The number of nitrogens with one attached hydrogen (secondary N) is 2. The predicted octanol–water partition coefficient (Wildman–Crippen LogP) is 0.872. The summed E-state index contributed by atoms with van der Waals surface area (Å²) in [5.41, 5.74) is 0.229. The van der Waals surface area contributed by atoms with Crippen LogP contribution >= 0.6 is 0 Å². The molecule has 0 atom stereocenters. The normalized spacial score (nSPS) is 11.2. The van der Waals surface area contributed by atoms with Crippen molar-refractivity contribution in [3.05, 3.63) is 18.2 Å². The molecule has 2 amide bonds. The molecule has 0 aromatic heterocycles. The maximum Gasteiger partial charge on any atom is 0.319 e. The number of carbonyl (C=O) groups is 1. The van der Waals surface area contributed by atoms with Gasteiger partial charge in [0.05, 0.1) is 17.7 Å². The van der Waals surface area contributed by atoms with Gasteiger partial charge in [0.2, 0.25) is 10.0 Å². The highest BCUT2D eigenvalue weighted by Gasteiger charge is 2.14. The molecule has 0 saturated heterocycles. The fraction of sp³-hybridized carbons (Fsp3) is 0.364. The summed E-state index contributed by atoms with van der Waals surface area (Å²) in [6.45, 7) is 3.61. The Hall–Kier alpha value is -1.80. The highest BCUT2D eigenvalue weighted by Crippen LogP contribution is 2.26. The van der Waals surface area contributed by atoms with E-state index in [1.165, 1.54) is 25.3 Å². The van der Waals surface area contributed by atoms with Crippen LogP contribution < -0.4 is 20.5 Å². The summed E-state index contributed by atoms with van der Waals surface area (Å²) in [7, 11) is -2.42. The maximum atomic E-state index is 11.6. The van der Waals surface area contributed by atoms with Crippen molar-refractivity contribution in [2.24, 2.45) is 5.14 Å². The smallest absolute Gasteiger partial charge is 0.319 e. The van der Waals surface area contributed by atoms with Gasteiger partial charge in [-0.3, -0.25) is 0 Å². The Morgan fingerprint density at radius 2 is 2.00 bits per heavy atom. The van der Waals surface area contributed by atoms with Crippen molar-refractivity contribution in [1.82, 2.24) is 5.32 Å². The standard InChI is InChI=1S/C11H17N3O4S/c1-7(2)13-11(15)14-9-6-8(19(12,16)17)4-5-10(9)18-3/h4-7H,1-3H3,(H2,12,16,17)(H2,13,14,15). The number of nitrogens with two attached hydrogens (primary N) is 1. The van der Waals surface area contributed by atoms with Gasteiger partial charge in [0.25, 0.3) is 0 Å². The molecule has 0 heterocycles. The first kappa shape index (κ1) is 15.3. The van der Waals surface area contributed by atoms with E-state index in [2.05, 4.69) is 10.6 Å². The lowest BCUT2D eigenvalue weighted by molar-refractivity contribution is 0.250. The molecule has 1 aromatic carbocycles. The zero-order chi connectivity index (χ0) is 14.6. The highest BCUT2D eigenvalue weighted by molar-refractivity contribution is 7.89. The molecular weight excluding hydrogens is 270 g/mol. The summed E-state index contributed by atoms with van der Waals surface area (Å²) in [4.78, 5) is 11.5. The molecule has 0 spiro atoms. The zero-order valence-corrected chi connectivity index (χ0v) is 11.7. The van der Waals surface area contributed by atoms with Crippen molar-refractivity contribution in [3.63, 3.8) is 0 Å². The largest absolute Gasteiger partial charge is 0.495 e. The van der Waals surface area contributed by atoms with Crippen LogP contribution in [0.15, 0.2) is 23.1 Å². The van der Waals surface area contributed by atoms with Gasteiger partial charge in [-0.1, -0.05) is 0 Å². The van der Waals surface area contributed by atoms with E-state index < -0.39 is 16.1 Å². The lowest BCUT2D eigenvalue weighted by Crippen LogP contribution is -2.34. The average Bonchev–Trinajstić information content (AvgIpc) is 2.26. The fourth-order valence-electron chi connectivity index (χ4n) is 1.38. The molecule has 7 nitrogen and oxygen atoms in total. The molecule has 0 radical (unpaired) electrons. The summed E-state index contributed by atoms with van der Waals surface area (Å²) in [5.74, 6) is 0.339. The number of primary sulfonamides is 1. The number of urea groups is 1. The van der Waals surface area contributed by atoms with E-state index in [9.17, 15) is 13.2 Å². The van der Waals surface area contributed by atoms with Crippen molar-refractivity contribution in [2.45, 2.75) is 24.8 Å². The Balaban J connectivity index is 3.07. The molecule has 8 heteroatoms. The third-order valence-corrected chi connectivity index (χ3v) is 3.08. The number of rotatable bonds is 4. The molecule has 0 saturated carbocycles. The molecule has 0 aliphatic heterocycles. The quantitative estimate of drug-likeness (QED) is 0.763. The zero-order valence-electron chi connectivity index (χ0n) is 10.9. The predicted molar refractivity (Wildman–Crippen MR) is 71.7 cm³/mol. The van der Waals surface area contributed by atoms with Gasteiger partial charge in [-0.05, 0) is 32.0 Å². The first-order chi connectivity index (χ1) is 8.74. The van der Waals surface area contributed by atoms with E-state index in [1.54, 1.807) is 13.8 Å². The third-order valence-electron chi connectivity index (χ3n) is 2.17. The Morgan fingerprint density at radius 3 is 2.47 bits per heavy atom. The Kier molecular flexibility index (Phi) is 4.73. The highest BCUT2D eigenvalue weighted by atomic mass is 32.2. The van der Waals surface area contributed by atoms with Crippen LogP contribution in [-0.4, -0.2) is 27.6 Å². The summed E-state index contributed by atoms with van der Waals surface area (Å²) >= 11 is 0. The van der Waals surface area contributed by atoms with E-state index >= 15 is 0 Å². The number of hydrogen-bond acceptors (Lipinski definition) is 4. The second kappa shape index (κ2) is 5.89.